The van der Waals surface area contributed by atoms with E-state index in [0.29, 0.717) is 0 Å². The van der Waals surface area contributed by atoms with Crippen molar-refractivity contribution in [2.24, 2.45) is 0 Å². The van der Waals surface area contributed by atoms with Crippen LogP contribution in [0.5, 0.6) is 11.5 Å². The van der Waals surface area contributed by atoms with Crippen LogP contribution in [0.3, 0.4) is 0 Å². The van der Waals surface area contributed by atoms with Crippen LogP contribution in [0.2, 0.25) is 0 Å². The molecule has 0 saturated carbocycles. The Morgan fingerprint density at radius 3 is 2.29 bits per heavy atom. The summed E-state index contributed by atoms with van der Waals surface area (Å²) in [7, 11) is 0. The van der Waals surface area contributed by atoms with E-state index in [2.05, 4.69) is 36.3 Å². The molecule has 0 atom stereocenters. The van der Waals surface area contributed by atoms with E-state index >= 15 is 0 Å². The topological polar surface area (TPSA) is 49.9 Å². The minimum Gasteiger partial charge on any atom is -0.457 e. The largest absolute Gasteiger partial charge is 0.457 e. The monoisotopic (exact) mass is 321 g/mol. The van der Waals surface area contributed by atoms with Crippen molar-refractivity contribution in [2.75, 3.05) is 5.32 Å². The maximum atomic E-state index is 5.80. The number of ether oxygens (including phenoxy) is 1. The second-order valence-electron chi connectivity index (χ2n) is 6.81. The Bertz CT molecular complexity index is 771. The molecule has 4 heteroatoms. The summed E-state index contributed by atoms with van der Waals surface area (Å²) < 4.78 is 5.80. The second-order valence-corrected chi connectivity index (χ2v) is 6.81. The maximum Gasteiger partial charge on any atom is 0.127 e. The molecule has 2 N–H and O–H groups in total. The lowest BCUT2D eigenvalue weighted by Gasteiger charge is -2.18. The molecule has 0 spiro atoms. The zero-order valence-electron chi connectivity index (χ0n) is 14.3. The first kappa shape index (κ1) is 16.1. The van der Waals surface area contributed by atoms with Crippen LogP contribution in [-0.2, 0) is 12.0 Å². The van der Waals surface area contributed by atoms with Crippen molar-refractivity contribution in [1.82, 2.24) is 10.2 Å². The molecule has 0 aliphatic heterocycles. The summed E-state index contributed by atoms with van der Waals surface area (Å²) in [6.07, 6.45) is 1.89. The summed E-state index contributed by atoms with van der Waals surface area (Å²) in [5.74, 6) is 1.66. The standard InChI is InChI=1S/C20H23N3O/c1-20(2,3)19-15(14-22-23-19)13-21-16-9-11-18(12-10-16)24-17-7-5-4-6-8-17/h4-12,14,21H,13H2,1-3H3,(H,22,23). The highest BCUT2D eigenvalue weighted by Gasteiger charge is 2.19. The van der Waals surface area contributed by atoms with Gasteiger partial charge in [-0.25, -0.2) is 0 Å². The van der Waals surface area contributed by atoms with Crippen molar-refractivity contribution >= 4 is 5.69 Å². The summed E-state index contributed by atoms with van der Waals surface area (Å²) in [6, 6.07) is 17.8. The van der Waals surface area contributed by atoms with Crippen molar-refractivity contribution in [3.05, 3.63) is 72.1 Å². The van der Waals surface area contributed by atoms with Gasteiger partial charge in [0, 0.05) is 28.9 Å². The molecule has 0 radical (unpaired) electrons. The fourth-order valence-corrected chi connectivity index (χ4v) is 2.56. The van der Waals surface area contributed by atoms with E-state index in [1.165, 1.54) is 11.3 Å². The molecule has 0 aliphatic carbocycles. The van der Waals surface area contributed by atoms with Gasteiger partial charge in [0.1, 0.15) is 11.5 Å². The zero-order valence-corrected chi connectivity index (χ0v) is 14.3. The third-order valence-corrected chi connectivity index (χ3v) is 3.78. The van der Waals surface area contributed by atoms with Gasteiger partial charge >= 0.3 is 0 Å². The van der Waals surface area contributed by atoms with E-state index in [-0.39, 0.29) is 5.41 Å². The number of rotatable bonds is 5. The van der Waals surface area contributed by atoms with E-state index in [0.717, 1.165) is 23.7 Å². The first-order chi connectivity index (χ1) is 11.5. The van der Waals surface area contributed by atoms with Crippen molar-refractivity contribution in [2.45, 2.75) is 32.7 Å². The first-order valence-corrected chi connectivity index (χ1v) is 8.12. The molecule has 0 unspecified atom stereocenters. The van der Waals surface area contributed by atoms with Gasteiger partial charge in [0.25, 0.3) is 0 Å². The van der Waals surface area contributed by atoms with E-state index in [4.69, 9.17) is 4.74 Å². The van der Waals surface area contributed by atoms with Gasteiger partial charge in [-0.3, -0.25) is 5.10 Å². The van der Waals surface area contributed by atoms with Gasteiger partial charge in [0.2, 0.25) is 0 Å². The predicted molar refractivity (Wildman–Crippen MR) is 97.6 cm³/mol. The van der Waals surface area contributed by atoms with Crippen LogP contribution in [0.25, 0.3) is 0 Å². The minimum absolute atomic E-state index is 0.0564. The molecule has 0 fully saturated rings. The number of aromatic nitrogens is 2. The lowest BCUT2D eigenvalue weighted by atomic mass is 9.89. The third kappa shape index (κ3) is 3.96. The van der Waals surface area contributed by atoms with E-state index < -0.39 is 0 Å². The Labute approximate surface area is 142 Å². The number of para-hydroxylation sites is 1. The molecule has 1 heterocycles. The zero-order chi connectivity index (χ0) is 17.0. The number of aromatic amines is 1. The molecule has 0 aliphatic rings. The van der Waals surface area contributed by atoms with Crippen molar-refractivity contribution in [1.29, 1.82) is 0 Å². The average molecular weight is 321 g/mol. The minimum atomic E-state index is 0.0564. The number of benzene rings is 2. The highest BCUT2D eigenvalue weighted by Crippen LogP contribution is 2.25. The van der Waals surface area contributed by atoms with Crippen LogP contribution < -0.4 is 10.1 Å². The Morgan fingerprint density at radius 2 is 1.62 bits per heavy atom. The molecule has 1 aromatic heterocycles. The van der Waals surface area contributed by atoms with Gasteiger partial charge in [0.15, 0.2) is 0 Å². The predicted octanol–water partition coefficient (Wildman–Crippen LogP) is 5.11. The molecule has 0 amide bonds. The molecule has 0 saturated heterocycles. The first-order valence-electron chi connectivity index (χ1n) is 8.12. The Balaban J connectivity index is 1.62. The van der Waals surface area contributed by atoms with Gasteiger partial charge in [0.05, 0.1) is 6.20 Å². The number of H-pyrrole nitrogens is 1. The summed E-state index contributed by atoms with van der Waals surface area (Å²) >= 11 is 0. The SMILES string of the molecule is CC(C)(C)c1[nH]ncc1CNc1ccc(Oc2ccccc2)cc1. The summed E-state index contributed by atoms with van der Waals surface area (Å²) in [5, 5.41) is 10.7. The molecule has 2 aromatic carbocycles. The molecule has 124 valence electrons. The highest BCUT2D eigenvalue weighted by atomic mass is 16.5. The van der Waals surface area contributed by atoms with Gasteiger partial charge in [-0.05, 0) is 36.4 Å². The summed E-state index contributed by atoms with van der Waals surface area (Å²) in [5.41, 5.74) is 3.46. The number of nitrogens with one attached hydrogen (secondary N) is 2. The van der Waals surface area contributed by atoms with Gasteiger partial charge in [-0.15, -0.1) is 0 Å². The maximum absolute atomic E-state index is 5.80. The Hall–Kier alpha value is -2.75. The number of anilines is 1. The van der Waals surface area contributed by atoms with Crippen LogP contribution in [0.4, 0.5) is 5.69 Å². The van der Waals surface area contributed by atoms with Crippen molar-refractivity contribution < 1.29 is 4.74 Å². The van der Waals surface area contributed by atoms with Crippen LogP contribution in [0.15, 0.2) is 60.8 Å². The smallest absolute Gasteiger partial charge is 0.127 e. The fourth-order valence-electron chi connectivity index (χ4n) is 2.56. The molecule has 3 aromatic rings. The fraction of sp³-hybridized carbons (Fsp3) is 0.250. The third-order valence-electron chi connectivity index (χ3n) is 3.78. The quantitative estimate of drug-likeness (QED) is 0.686. The van der Waals surface area contributed by atoms with E-state index in [1.807, 2.05) is 60.8 Å². The average Bonchev–Trinajstić information content (AvgIpc) is 3.04. The molecule has 24 heavy (non-hydrogen) atoms. The second kappa shape index (κ2) is 6.79. The van der Waals surface area contributed by atoms with Crippen LogP contribution in [0.1, 0.15) is 32.0 Å². The van der Waals surface area contributed by atoms with Crippen molar-refractivity contribution in [3.8, 4) is 11.5 Å². The molecular weight excluding hydrogens is 298 g/mol. The molecule has 4 nitrogen and oxygen atoms in total. The molecule has 0 bridgehead atoms. The number of hydrogen-bond acceptors (Lipinski definition) is 3. The summed E-state index contributed by atoms with van der Waals surface area (Å²) in [4.78, 5) is 0. The van der Waals surface area contributed by atoms with E-state index in [1.54, 1.807) is 0 Å². The van der Waals surface area contributed by atoms with E-state index in [9.17, 15) is 0 Å². The van der Waals surface area contributed by atoms with Crippen LogP contribution >= 0.6 is 0 Å². The van der Waals surface area contributed by atoms with Gasteiger partial charge in [-0.1, -0.05) is 39.0 Å². The van der Waals surface area contributed by atoms with Crippen LogP contribution in [-0.4, -0.2) is 10.2 Å². The van der Waals surface area contributed by atoms with Gasteiger partial charge in [-0.2, -0.15) is 5.10 Å². The highest BCUT2D eigenvalue weighted by molar-refractivity contribution is 5.48. The van der Waals surface area contributed by atoms with Gasteiger partial charge < -0.3 is 10.1 Å². The Kier molecular flexibility index (Phi) is 4.56. The molecule has 3 rings (SSSR count). The molecular formula is C20H23N3O. The van der Waals surface area contributed by atoms with Crippen LogP contribution in [0, 0.1) is 0 Å². The lowest BCUT2D eigenvalue weighted by molar-refractivity contribution is 0.483. The Morgan fingerprint density at radius 1 is 0.958 bits per heavy atom. The normalized spacial score (nSPS) is 11.3. The number of hydrogen-bond donors (Lipinski definition) is 2. The lowest BCUT2D eigenvalue weighted by Crippen LogP contribution is -2.15. The summed E-state index contributed by atoms with van der Waals surface area (Å²) in [6.45, 7) is 7.28. The van der Waals surface area contributed by atoms with Crippen molar-refractivity contribution in [3.63, 3.8) is 0 Å². The number of nitrogens with zero attached hydrogens (tertiary/aromatic N) is 1.